The minimum atomic E-state index is -1.61. The Balaban J connectivity index is 2.42. The SMILES string of the molecule is CC1(O)OOC(C)(O)C1=Cc1ccccc1. The average Bonchev–Trinajstić information content (AvgIpc) is 2.43. The lowest BCUT2D eigenvalue weighted by molar-refractivity contribution is -0.415. The molecule has 1 aliphatic rings. The van der Waals surface area contributed by atoms with Crippen LogP contribution < -0.4 is 0 Å². The van der Waals surface area contributed by atoms with Crippen molar-refractivity contribution in [2.45, 2.75) is 25.4 Å². The van der Waals surface area contributed by atoms with E-state index in [1.807, 2.05) is 30.3 Å². The van der Waals surface area contributed by atoms with Crippen LogP contribution in [0.2, 0.25) is 0 Å². The first-order valence-electron chi connectivity index (χ1n) is 5.01. The van der Waals surface area contributed by atoms with Crippen molar-refractivity contribution in [3.63, 3.8) is 0 Å². The molecule has 1 fully saturated rings. The lowest BCUT2D eigenvalue weighted by Gasteiger charge is -2.18. The summed E-state index contributed by atoms with van der Waals surface area (Å²) in [7, 11) is 0. The van der Waals surface area contributed by atoms with Gasteiger partial charge in [-0.25, -0.2) is 0 Å². The number of aliphatic hydroxyl groups is 2. The Labute approximate surface area is 93.7 Å². The van der Waals surface area contributed by atoms with Crippen LogP contribution in [0.1, 0.15) is 19.4 Å². The van der Waals surface area contributed by atoms with Crippen molar-refractivity contribution in [2.24, 2.45) is 0 Å². The summed E-state index contributed by atoms with van der Waals surface area (Å²) in [5.74, 6) is -3.22. The van der Waals surface area contributed by atoms with Gasteiger partial charge in [-0.3, -0.25) is 0 Å². The van der Waals surface area contributed by atoms with Crippen LogP contribution in [0, 0.1) is 0 Å². The molecule has 1 aromatic rings. The van der Waals surface area contributed by atoms with Gasteiger partial charge in [-0.05, 0) is 25.5 Å². The molecule has 1 heterocycles. The Morgan fingerprint density at radius 3 is 2.00 bits per heavy atom. The van der Waals surface area contributed by atoms with Crippen LogP contribution in [0.5, 0.6) is 0 Å². The quantitative estimate of drug-likeness (QED) is 0.706. The largest absolute Gasteiger partial charge is 0.360 e. The van der Waals surface area contributed by atoms with Crippen molar-refractivity contribution >= 4 is 6.08 Å². The molecule has 0 spiro atoms. The summed E-state index contributed by atoms with van der Waals surface area (Å²) >= 11 is 0. The zero-order valence-corrected chi connectivity index (χ0v) is 9.18. The van der Waals surface area contributed by atoms with E-state index in [1.54, 1.807) is 6.08 Å². The van der Waals surface area contributed by atoms with E-state index < -0.39 is 11.6 Å². The van der Waals surface area contributed by atoms with Gasteiger partial charge in [-0.2, -0.15) is 9.78 Å². The summed E-state index contributed by atoms with van der Waals surface area (Å²) in [6, 6.07) is 9.34. The predicted octanol–water partition coefficient (Wildman–Crippen LogP) is 1.45. The van der Waals surface area contributed by atoms with Crippen molar-refractivity contribution < 1.29 is 20.0 Å². The lowest BCUT2D eigenvalue weighted by Crippen LogP contribution is -2.31. The Morgan fingerprint density at radius 2 is 1.50 bits per heavy atom. The molecular weight excluding hydrogens is 208 g/mol. The molecule has 1 aliphatic heterocycles. The molecule has 16 heavy (non-hydrogen) atoms. The molecular formula is C12H14O4. The summed E-state index contributed by atoms with van der Waals surface area (Å²) in [5.41, 5.74) is 1.12. The molecule has 0 aromatic heterocycles. The highest BCUT2D eigenvalue weighted by Crippen LogP contribution is 2.38. The van der Waals surface area contributed by atoms with E-state index in [9.17, 15) is 10.2 Å². The molecule has 2 unspecified atom stereocenters. The molecule has 1 saturated heterocycles. The highest BCUT2D eigenvalue weighted by atomic mass is 17.3. The normalized spacial score (nSPS) is 34.1. The van der Waals surface area contributed by atoms with Crippen molar-refractivity contribution in [3.05, 3.63) is 41.5 Å². The van der Waals surface area contributed by atoms with Gasteiger partial charge < -0.3 is 10.2 Å². The maximum atomic E-state index is 9.88. The van der Waals surface area contributed by atoms with Crippen molar-refractivity contribution in [1.82, 2.24) is 0 Å². The van der Waals surface area contributed by atoms with Crippen LogP contribution in [0.25, 0.3) is 6.08 Å². The van der Waals surface area contributed by atoms with Crippen LogP contribution in [-0.2, 0) is 9.78 Å². The van der Waals surface area contributed by atoms with Crippen molar-refractivity contribution in [1.29, 1.82) is 0 Å². The second-order valence-electron chi connectivity index (χ2n) is 4.10. The van der Waals surface area contributed by atoms with E-state index in [2.05, 4.69) is 9.78 Å². The van der Waals surface area contributed by atoms with Crippen molar-refractivity contribution in [2.75, 3.05) is 0 Å². The van der Waals surface area contributed by atoms with Crippen LogP contribution in [0.3, 0.4) is 0 Å². The standard InChI is InChI=1S/C12H14O4/c1-11(13)10(12(2,14)16-15-11)8-9-6-4-3-5-7-9/h3-8,13-14H,1-2H3. The van der Waals surface area contributed by atoms with E-state index in [0.717, 1.165) is 5.56 Å². The molecule has 0 saturated carbocycles. The number of hydrogen-bond donors (Lipinski definition) is 2. The molecule has 86 valence electrons. The van der Waals surface area contributed by atoms with E-state index in [0.29, 0.717) is 0 Å². The van der Waals surface area contributed by atoms with Gasteiger partial charge in [0, 0.05) is 0 Å². The van der Waals surface area contributed by atoms with Crippen LogP contribution >= 0.6 is 0 Å². The minimum Gasteiger partial charge on any atom is -0.360 e. The molecule has 1 aromatic carbocycles. The van der Waals surface area contributed by atoms with Gasteiger partial charge in [0.2, 0.25) is 11.6 Å². The number of hydrogen-bond acceptors (Lipinski definition) is 4. The highest BCUT2D eigenvalue weighted by Gasteiger charge is 2.49. The summed E-state index contributed by atoms with van der Waals surface area (Å²) in [6.07, 6.45) is 1.65. The topological polar surface area (TPSA) is 58.9 Å². The van der Waals surface area contributed by atoms with Gasteiger partial charge in [0.1, 0.15) is 0 Å². The first kappa shape index (κ1) is 11.3. The highest BCUT2D eigenvalue weighted by molar-refractivity contribution is 5.56. The summed E-state index contributed by atoms with van der Waals surface area (Å²) in [5, 5.41) is 19.8. The van der Waals surface area contributed by atoms with Gasteiger partial charge >= 0.3 is 0 Å². The molecule has 4 nitrogen and oxygen atoms in total. The fourth-order valence-corrected chi connectivity index (χ4v) is 1.67. The minimum absolute atomic E-state index is 0.270. The molecule has 2 atom stereocenters. The summed E-state index contributed by atoms with van der Waals surface area (Å²) in [4.78, 5) is 9.36. The molecule has 2 rings (SSSR count). The third-order valence-electron chi connectivity index (χ3n) is 2.48. The van der Waals surface area contributed by atoms with Gasteiger partial charge in [0.15, 0.2) is 0 Å². The van der Waals surface area contributed by atoms with E-state index in [4.69, 9.17) is 0 Å². The zero-order valence-electron chi connectivity index (χ0n) is 9.18. The molecule has 0 bridgehead atoms. The Morgan fingerprint density at radius 1 is 1.00 bits per heavy atom. The van der Waals surface area contributed by atoms with Crippen LogP contribution in [0.4, 0.5) is 0 Å². The number of rotatable bonds is 1. The lowest BCUT2D eigenvalue weighted by atomic mass is 9.98. The third kappa shape index (κ3) is 2.01. The predicted molar refractivity (Wildman–Crippen MR) is 57.8 cm³/mol. The summed E-state index contributed by atoms with van der Waals surface area (Å²) in [6.45, 7) is 2.84. The smallest absolute Gasteiger partial charge is 0.224 e. The Kier molecular flexibility index (Phi) is 2.59. The Bertz CT molecular complexity index is 388. The fourth-order valence-electron chi connectivity index (χ4n) is 1.67. The monoisotopic (exact) mass is 222 g/mol. The van der Waals surface area contributed by atoms with Gasteiger partial charge in [0.25, 0.3) is 0 Å². The Hall–Kier alpha value is -1.20. The molecule has 4 heteroatoms. The molecule has 2 N–H and O–H groups in total. The second-order valence-corrected chi connectivity index (χ2v) is 4.10. The third-order valence-corrected chi connectivity index (χ3v) is 2.48. The summed E-state index contributed by atoms with van der Waals surface area (Å²) < 4.78 is 0. The first-order valence-corrected chi connectivity index (χ1v) is 5.01. The van der Waals surface area contributed by atoms with E-state index in [1.165, 1.54) is 13.8 Å². The zero-order chi connectivity index (χ0) is 11.8. The van der Waals surface area contributed by atoms with E-state index in [-0.39, 0.29) is 5.57 Å². The number of benzene rings is 1. The van der Waals surface area contributed by atoms with Gasteiger partial charge in [0.05, 0.1) is 5.57 Å². The maximum Gasteiger partial charge on any atom is 0.224 e. The average molecular weight is 222 g/mol. The molecule has 0 amide bonds. The fraction of sp³-hybridized carbons (Fsp3) is 0.333. The first-order chi connectivity index (χ1) is 7.42. The van der Waals surface area contributed by atoms with Gasteiger partial charge in [-0.1, -0.05) is 30.3 Å². The second kappa shape index (κ2) is 3.68. The molecule has 0 aliphatic carbocycles. The molecule has 0 radical (unpaired) electrons. The maximum absolute atomic E-state index is 9.88. The van der Waals surface area contributed by atoms with Crippen LogP contribution in [0.15, 0.2) is 35.9 Å². The van der Waals surface area contributed by atoms with Gasteiger partial charge in [-0.15, -0.1) is 0 Å². The van der Waals surface area contributed by atoms with E-state index >= 15 is 0 Å². The van der Waals surface area contributed by atoms with Crippen LogP contribution in [-0.4, -0.2) is 21.8 Å². The van der Waals surface area contributed by atoms with Crippen molar-refractivity contribution in [3.8, 4) is 0 Å².